The van der Waals surface area contributed by atoms with Crippen LogP contribution in [0.15, 0.2) is 70.7 Å². The maximum atomic E-state index is 13.6. The molecule has 0 unspecified atom stereocenters. The van der Waals surface area contributed by atoms with Gasteiger partial charge in [-0.2, -0.15) is 5.10 Å². The van der Waals surface area contributed by atoms with E-state index in [1.54, 1.807) is 0 Å². The van der Waals surface area contributed by atoms with Gasteiger partial charge in [0.1, 0.15) is 17.3 Å². The molecule has 0 aliphatic carbocycles. The van der Waals surface area contributed by atoms with E-state index in [2.05, 4.69) is 15.2 Å². The SMILES string of the molecule is O=[N+]([O-])c1cc(S(=O)(=O)Nc2ccc(Cl)cc2)ccc1NN=Cc1c(F)cccc1F. The van der Waals surface area contributed by atoms with Gasteiger partial charge in [0.05, 0.1) is 21.6 Å². The van der Waals surface area contributed by atoms with Crippen LogP contribution in [0.4, 0.5) is 25.8 Å². The first-order valence-corrected chi connectivity index (χ1v) is 10.3. The number of nitrogens with one attached hydrogen (secondary N) is 2. The van der Waals surface area contributed by atoms with Crippen molar-refractivity contribution in [2.45, 2.75) is 4.90 Å². The van der Waals surface area contributed by atoms with Gasteiger partial charge in [-0.15, -0.1) is 0 Å². The molecule has 3 aromatic carbocycles. The summed E-state index contributed by atoms with van der Waals surface area (Å²) in [6, 6.07) is 12.1. The van der Waals surface area contributed by atoms with Gasteiger partial charge in [0.2, 0.25) is 0 Å². The molecule has 3 aromatic rings. The molecular formula is C19H13ClF2N4O4S. The highest BCUT2D eigenvalue weighted by molar-refractivity contribution is 7.92. The Bertz CT molecular complexity index is 1250. The molecular weight excluding hydrogens is 454 g/mol. The van der Waals surface area contributed by atoms with Crippen LogP contribution in [0.3, 0.4) is 0 Å². The molecule has 0 amide bonds. The third-order valence-corrected chi connectivity index (χ3v) is 5.58. The zero-order valence-corrected chi connectivity index (χ0v) is 17.0. The van der Waals surface area contributed by atoms with Crippen LogP contribution in [-0.2, 0) is 10.0 Å². The minimum Gasteiger partial charge on any atom is -0.280 e. The molecule has 0 atom stereocenters. The second-order valence-corrected chi connectivity index (χ2v) is 8.17. The molecule has 0 bridgehead atoms. The van der Waals surface area contributed by atoms with Gasteiger partial charge >= 0.3 is 0 Å². The zero-order chi connectivity index (χ0) is 22.6. The summed E-state index contributed by atoms with van der Waals surface area (Å²) in [4.78, 5) is 10.2. The van der Waals surface area contributed by atoms with Crippen molar-refractivity contribution < 1.29 is 22.1 Å². The van der Waals surface area contributed by atoms with Crippen molar-refractivity contribution in [1.82, 2.24) is 0 Å². The van der Waals surface area contributed by atoms with Gasteiger partial charge in [-0.25, -0.2) is 17.2 Å². The third kappa shape index (κ3) is 5.32. The molecule has 0 saturated heterocycles. The summed E-state index contributed by atoms with van der Waals surface area (Å²) in [6.07, 6.45) is 0.821. The summed E-state index contributed by atoms with van der Waals surface area (Å²) >= 11 is 5.76. The molecule has 0 spiro atoms. The zero-order valence-electron chi connectivity index (χ0n) is 15.4. The minimum atomic E-state index is -4.14. The van der Waals surface area contributed by atoms with Crippen molar-refractivity contribution in [2.24, 2.45) is 5.10 Å². The number of sulfonamides is 1. The van der Waals surface area contributed by atoms with Gasteiger partial charge in [0.15, 0.2) is 0 Å². The number of benzene rings is 3. The van der Waals surface area contributed by atoms with Crippen molar-refractivity contribution >= 4 is 44.9 Å². The van der Waals surface area contributed by atoms with Gasteiger partial charge in [0.25, 0.3) is 15.7 Å². The fourth-order valence-electron chi connectivity index (χ4n) is 2.46. The largest absolute Gasteiger partial charge is 0.295 e. The van der Waals surface area contributed by atoms with Crippen LogP contribution in [0.25, 0.3) is 0 Å². The average molecular weight is 467 g/mol. The molecule has 0 fully saturated rings. The van der Waals surface area contributed by atoms with Gasteiger partial charge in [0, 0.05) is 16.8 Å². The fourth-order valence-corrected chi connectivity index (χ4v) is 3.66. The van der Waals surface area contributed by atoms with Crippen LogP contribution in [0.2, 0.25) is 5.02 Å². The van der Waals surface area contributed by atoms with Gasteiger partial charge < -0.3 is 0 Å². The second kappa shape index (κ2) is 9.06. The molecule has 0 heterocycles. The van der Waals surface area contributed by atoms with Crippen molar-refractivity contribution in [1.29, 1.82) is 0 Å². The van der Waals surface area contributed by atoms with Crippen LogP contribution in [0.5, 0.6) is 0 Å². The van der Waals surface area contributed by atoms with Crippen LogP contribution in [0, 0.1) is 21.7 Å². The number of nitrogens with zero attached hydrogens (tertiary/aromatic N) is 2. The molecule has 0 aliphatic heterocycles. The van der Waals surface area contributed by atoms with E-state index < -0.39 is 37.8 Å². The summed E-state index contributed by atoms with van der Waals surface area (Å²) in [5.41, 5.74) is 1.29. The van der Waals surface area contributed by atoms with E-state index in [1.807, 2.05) is 0 Å². The van der Waals surface area contributed by atoms with Gasteiger partial charge in [-0.3, -0.25) is 20.3 Å². The lowest BCUT2D eigenvalue weighted by Gasteiger charge is -2.09. The maximum absolute atomic E-state index is 13.6. The van der Waals surface area contributed by atoms with E-state index in [0.29, 0.717) is 5.02 Å². The van der Waals surface area contributed by atoms with Crippen molar-refractivity contribution in [3.63, 3.8) is 0 Å². The van der Waals surface area contributed by atoms with Crippen LogP contribution in [-0.4, -0.2) is 19.6 Å². The first-order valence-electron chi connectivity index (χ1n) is 8.47. The van der Waals surface area contributed by atoms with E-state index in [0.717, 1.165) is 36.5 Å². The number of rotatable bonds is 7. The van der Waals surface area contributed by atoms with Crippen LogP contribution in [0.1, 0.15) is 5.56 Å². The molecule has 2 N–H and O–H groups in total. The van der Waals surface area contributed by atoms with E-state index in [-0.39, 0.29) is 16.3 Å². The molecule has 8 nitrogen and oxygen atoms in total. The Balaban J connectivity index is 1.86. The summed E-state index contributed by atoms with van der Waals surface area (Å²) in [6.45, 7) is 0. The molecule has 0 aliphatic rings. The number of halogens is 3. The predicted octanol–water partition coefficient (Wildman–Crippen LogP) is 4.77. The Kier molecular flexibility index (Phi) is 6.47. The highest BCUT2D eigenvalue weighted by Crippen LogP contribution is 2.29. The molecule has 12 heteroatoms. The number of nitro benzene ring substituents is 1. The van der Waals surface area contributed by atoms with E-state index in [1.165, 1.54) is 30.3 Å². The lowest BCUT2D eigenvalue weighted by Crippen LogP contribution is -2.13. The Hall–Kier alpha value is -3.57. The van der Waals surface area contributed by atoms with Gasteiger partial charge in [-0.05, 0) is 48.5 Å². The Morgan fingerprint density at radius 2 is 1.68 bits per heavy atom. The first-order chi connectivity index (χ1) is 14.7. The quantitative estimate of drug-likeness (QED) is 0.295. The molecule has 3 rings (SSSR count). The normalized spacial score (nSPS) is 11.5. The monoisotopic (exact) mass is 466 g/mol. The summed E-state index contributed by atoms with van der Waals surface area (Å²) in [5, 5.41) is 15.4. The van der Waals surface area contributed by atoms with Crippen LogP contribution >= 0.6 is 11.6 Å². The first kappa shape index (κ1) is 22.1. The predicted molar refractivity (Wildman–Crippen MR) is 113 cm³/mol. The molecule has 160 valence electrons. The van der Waals surface area contributed by atoms with Gasteiger partial charge in [-0.1, -0.05) is 17.7 Å². The minimum absolute atomic E-state index is 0.177. The number of hydrogen-bond acceptors (Lipinski definition) is 6. The number of nitro groups is 1. The second-order valence-electron chi connectivity index (χ2n) is 6.05. The third-order valence-electron chi connectivity index (χ3n) is 3.95. The highest BCUT2D eigenvalue weighted by Gasteiger charge is 2.21. The van der Waals surface area contributed by atoms with Crippen molar-refractivity contribution in [3.8, 4) is 0 Å². The van der Waals surface area contributed by atoms with E-state index in [9.17, 15) is 27.3 Å². The topological polar surface area (TPSA) is 114 Å². The Morgan fingerprint density at radius 1 is 1.03 bits per heavy atom. The van der Waals surface area contributed by atoms with Crippen molar-refractivity contribution in [3.05, 3.63) is 93.0 Å². The standard InChI is InChI=1S/C19H13ClF2N4O4S/c20-12-4-6-13(7-5-12)25-31(29,30)14-8-9-18(19(10-14)26(27)28)24-23-11-15-16(21)2-1-3-17(15)22/h1-11,24-25H. The van der Waals surface area contributed by atoms with Crippen LogP contribution < -0.4 is 10.1 Å². The van der Waals surface area contributed by atoms with E-state index in [4.69, 9.17) is 11.6 Å². The lowest BCUT2D eigenvalue weighted by molar-refractivity contribution is -0.384. The molecule has 31 heavy (non-hydrogen) atoms. The smallest absolute Gasteiger partial charge is 0.280 e. The molecule has 0 radical (unpaired) electrons. The molecule has 0 saturated carbocycles. The highest BCUT2D eigenvalue weighted by atomic mass is 35.5. The number of anilines is 2. The Morgan fingerprint density at radius 3 is 2.29 bits per heavy atom. The molecule has 0 aromatic heterocycles. The summed E-state index contributed by atoms with van der Waals surface area (Å²) in [7, 11) is -4.14. The lowest BCUT2D eigenvalue weighted by atomic mass is 10.2. The number of hydrazone groups is 1. The van der Waals surface area contributed by atoms with Crippen molar-refractivity contribution in [2.75, 3.05) is 10.1 Å². The van der Waals surface area contributed by atoms with E-state index >= 15 is 0 Å². The average Bonchev–Trinajstić information content (AvgIpc) is 2.71. The maximum Gasteiger partial charge on any atom is 0.295 e. The summed E-state index contributed by atoms with van der Waals surface area (Å²) < 4.78 is 54.6. The summed E-state index contributed by atoms with van der Waals surface area (Å²) in [5.74, 6) is -1.73. The fraction of sp³-hybridized carbons (Fsp3) is 0. The number of hydrogen-bond donors (Lipinski definition) is 2. The Labute approximate surface area is 180 Å².